The van der Waals surface area contributed by atoms with Gasteiger partial charge in [0.2, 0.25) is 0 Å². The maximum atomic E-state index is 8.81. The first-order chi connectivity index (χ1) is 15.3. The minimum Gasteiger partial charge on any atom is -0.493 e. The first-order valence-corrected chi connectivity index (χ1v) is 10.8. The van der Waals surface area contributed by atoms with Gasteiger partial charge in [-0.25, -0.2) is 0 Å². The van der Waals surface area contributed by atoms with Crippen LogP contribution in [0.4, 0.5) is 0 Å². The largest absolute Gasteiger partial charge is 0.493 e. The molecule has 0 radical (unpaired) electrons. The minimum atomic E-state index is 0.138. The van der Waals surface area contributed by atoms with Crippen LogP contribution in [0.5, 0.6) is 11.5 Å². The fourth-order valence-electron chi connectivity index (χ4n) is 4.25. The molecule has 4 rings (SSSR count). The maximum Gasteiger partial charge on any atom is 0.161 e. The Labute approximate surface area is 183 Å². The predicted octanol–water partition coefficient (Wildman–Crippen LogP) is 5.59. The number of nitrogens with zero attached hydrogens (tertiary/aromatic N) is 2. The topological polar surface area (TPSA) is 63.9 Å². The molecule has 0 amide bonds. The van der Waals surface area contributed by atoms with Gasteiger partial charge in [0.1, 0.15) is 0 Å². The average molecular weight is 417 g/mol. The number of benzene rings is 2. The molecule has 1 aliphatic rings. The molecule has 160 valence electrons. The molecule has 2 aromatic carbocycles. The number of methoxy groups -OCH3 is 1. The lowest BCUT2D eigenvalue weighted by atomic mass is 9.85. The Morgan fingerprint density at radius 1 is 1.00 bits per heavy atom. The summed E-state index contributed by atoms with van der Waals surface area (Å²) in [6.07, 6.45) is 10.8. The fourth-order valence-corrected chi connectivity index (χ4v) is 4.25. The van der Waals surface area contributed by atoms with E-state index in [9.17, 15) is 0 Å². The zero-order valence-corrected chi connectivity index (χ0v) is 17.8. The summed E-state index contributed by atoms with van der Waals surface area (Å²) in [7, 11) is 1.69. The molecule has 0 spiro atoms. The van der Waals surface area contributed by atoms with Gasteiger partial charge < -0.3 is 14.7 Å². The molecule has 1 aliphatic carbocycles. The summed E-state index contributed by atoms with van der Waals surface area (Å²) in [5.74, 6) is 1.72. The molecule has 1 saturated carbocycles. The van der Waals surface area contributed by atoms with Gasteiger partial charge in [0.25, 0.3) is 0 Å². The van der Waals surface area contributed by atoms with Crippen molar-refractivity contribution in [3.63, 3.8) is 0 Å². The normalized spacial score (nSPS) is 15.3. The van der Waals surface area contributed by atoms with Crippen molar-refractivity contribution >= 4 is 6.21 Å². The van der Waals surface area contributed by atoms with Crippen LogP contribution in [0, 0.1) is 0 Å². The highest BCUT2D eigenvalue weighted by molar-refractivity contribution is 5.79. The van der Waals surface area contributed by atoms with Crippen molar-refractivity contribution in [3.8, 4) is 11.5 Å². The van der Waals surface area contributed by atoms with E-state index >= 15 is 0 Å². The predicted molar refractivity (Wildman–Crippen MR) is 121 cm³/mol. The first kappa shape index (κ1) is 20.9. The molecule has 1 N–H and O–H groups in total. The van der Waals surface area contributed by atoms with E-state index in [1.54, 1.807) is 7.11 Å². The SMILES string of the molecule is COc1ccc([C@H](Cc2ccncc2)c2ccc(C=NO)cc2)cc1OC1CCCC1. The molecule has 5 nitrogen and oxygen atoms in total. The molecule has 1 fully saturated rings. The van der Waals surface area contributed by atoms with Crippen LogP contribution in [-0.2, 0) is 6.42 Å². The summed E-state index contributed by atoms with van der Waals surface area (Å²) in [6, 6.07) is 18.5. The summed E-state index contributed by atoms with van der Waals surface area (Å²) in [4.78, 5) is 4.15. The van der Waals surface area contributed by atoms with Crippen molar-refractivity contribution in [3.05, 3.63) is 89.2 Å². The number of rotatable bonds is 8. The molecule has 0 aliphatic heterocycles. The van der Waals surface area contributed by atoms with Gasteiger partial charge in [-0.05, 0) is 78.6 Å². The Hall–Kier alpha value is -3.34. The molecule has 5 heteroatoms. The van der Waals surface area contributed by atoms with E-state index in [0.717, 1.165) is 36.3 Å². The van der Waals surface area contributed by atoms with Crippen LogP contribution in [0.15, 0.2) is 72.1 Å². The van der Waals surface area contributed by atoms with E-state index < -0.39 is 0 Å². The van der Waals surface area contributed by atoms with Gasteiger partial charge in [-0.15, -0.1) is 0 Å². The van der Waals surface area contributed by atoms with Crippen molar-refractivity contribution in [2.45, 2.75) is 44.1 Å². The summed E-state index contributed by atoms with van der Waals surface area (Å²) < 4.78 is 11.9. The third kappa shape index (κ3) is 5.23. The van der Waals surface area contributed by atoms with Gasteiger partial charge in [-0.1, -0.05) is 35.5 Å². The third-order valence-electron chi connectivity index (χ3n) is 5.92. The van der Waals surface area contributed by atoms with E-state index in [1.807, 2.05) is 30.6 Å². The van der Waals surface area contributed by atoms with Crippen molar-refractivity contribution in [1.29, 1.82) is 0 Å². The third-order valence-corrected chi connectivity index (χ3v) is 5.92. The summed E-state index contributed by atoms with van der Waals surface area (Å²) in [5, 5.41) is 11.9. The second-order valence-electron chi connectivity index (χ2n) is 7.96. The van der Waals surface area contributed by atoms with E-state index in [0.29, 0.717) is 0 Å². The van der Waals surface area contributed by atoms with Gasteiger partial charge in [0, 0.05) is 18.3 Å². The lowest BCUT2D eigenvalue weighted by Gasteiger charge is -2.22. The highest BCUT2D eigenvalue weighted by atomic mass is 16.5. The summed E-state index contributed by atoms with van der Waals surface area (Å²) in [6.45, 7) is 0. The Morgan fingerprint density at radius 3 is 2.39 bits per heavy atom. The molecule has 3 aromatic rings. The smallest absolute Gasteiger partial charge is 0.161 e. The second kappa shape index (κ2) is 10.1. The molecule has 1 heterocycles. The standard InChI is InChI=1S/C26H28N2O3/c1-30-25-11-10-22(17-26(25)31-23-4-2-3-5-23)24(16-19-12-14-27-15-13-19)21-8-6-20(7-9-21)18-28-29/h6-15,17-18,23-24,29H,2-5,16H2,1H3/t24-/m1/s1. The van der Waals surface area contributed by atoms with Crippen LogP contribution in [-0.4, -0.2) is 29.6 Å². The lowest BCUT2D eigenvalue weighted by Crippen LogP contribution is -2.12. The van der Waals surface area contributed by atoms with Gasteiger partial charge in [0.05, 0.1) is 19.4 Å². The quantitative estimate of drug-likeness (QED) is 0.295. The minimum absolute atomic E-state index is 0.138. The van der Waals surface area contributed by atoms with E-state index in [1.165, 1.54) is 35.7 Å². The van der Waals surface area contributed by atoms with Crippen molar-refractivity contribution in [1.82, 2.24) is 4.98 Å². The maximum absolute atomic E-state index is 8.81. The zero-order valence-electron chi connectivity index (χ0n) is 17.8. The molecule has 1 aromatic heterocycles. The number of pyridine rings is 1. The number of oxime groups is 1. The fraction of sp³-hybridized carbons (Fsp3) is 0.308. The van der Waals surface area contributed by atoms with Crippen LogP contribution in [0.3, 0.4) is 0 Å². The van der Waals surface area contributed by atoms with Crippen molar-refractivity contribution in [2.75, 3.05) is 7.11 Å². The van der Waals surface area contributed by atoms with Crippen LogP contribution in [0.25, 0.3) is 0 Å². The van der Waals surface area contributed by atoms with Crippen molar-refractivity contribution in [2.24, 2.45) is 5.16 Å². The van der Waals surface area contributed by atoms with E-state index in [-0.39, 0.29) is 12.0 Å². The zero-order chi connectivity index (χ0) is 21.5. The first-order valence-electron chi connectivity index (χ1n) is 10.8. The molecule has 31 heavy (non-hydrogen) atoms. The van der Waals surface area contributed by atoms with Crippen LogP contribution >= 0.6 is 0 Å². The molecule has 0 saturated heterocycles. The van der Waals surface area contributed by atoms with E-state index in [4.69, 9.17) is 14.7 Å². The Kier molecular flexibility index (Phi) is 6.82. The van der Waals surface area contributed by atoms with Gasteiger partial charge in [-0.2, -0.15) is 0 Å². The number of hydrogen-bond donors (Lipinski definition) is 1. The lowest BCUT2D eigenvalue weighted by molar-refractivity contribution is 0.200. The second-order valence-corrected chi connectivity index (χ2v) is 7.96. The van der Waals surface area contributed by atoms with E-state index in [2.05, 4.69) is 46.5 Å². The highest BCUT2D eigenvalue weighted by Crippen LogP contribution is 2.37. The Morgan fingerprint density at radius 2 is 1.71 bits per heavy atom. The molecular weight excluding hydrogens is 388 g/mol. The van der Waals surface area contributed by atoms with Crippen LogP contribution < -0.4 is 9.47 Å². The molecule has 0 unspecified atom stereocenters. The van der Waals surface area contributed by atoms with Crippen LogP contribution in [0.2, 0.25) is 0 Å². The van der Waals surface area contributed by atoms with Gasteiger partial charge >= 0.3 is 0 Å². The molecule has 0 bridgehead atoms. The number of aromatic nitrogens is 1. The number of ether oxygens (including phenoxy) is 2. The van der Waals surface area contributed by atoms with Crippen molar-refractivity contribution < 1.29 is 14.7 Å². The van der Waals surface area contributed by atoms with Gasteiger partial charge in [0.15, 0.2) is 11.5 Å². The molecule has 1 atom stereocenters. The summed E-state index contributed by atoms with van der Waals surface area (Å²) in [5.41, 5.74) is 4.43. The molecular formula is C26H28N2O3. The number of hydrogen-bond acceptors (Lipinski definition) is 5. The van der Waals surface area contributed by atoms with Gasteiger partial charge in [-0.3, -0.25) is 4.98 Å². The Balaban J connectivity index is 1.69. The Bertz CT molecular complexity index is 997. The highest BCUT2D eigenvalue weighted by Gasteiger charge is 2.21. The van der Waals surface area contributed by atoms with Crippen LogP contribution in [0.1, 0.15) is 53.9 Å². The summed E-state index contributed by atoms with van der Waals surface area (Å²) >= 11 is 0. The average Bonchev–Trinajstić information content (AvgIpc) is 3.32. The monoisotopic (exact) mass is 416 g/mol.